The largest absolute Gasteiger partial charge is 0.198 e. The first-order valence-corrected chi connectivity index (χ1v) is 5.26. The summed E-state index contributed by atoms with van der Waals surface area (Å²) in [5.74, 6) is 1.32. The highest BCUT2D eigenvalue weighted by molar-refractivity contribution is 5.00. The zero-order valence-corrected chi connectivity index (χ0v) is 8.55. The van der Waals surface area contributed by atoms with E-state index >= 15 is 0 Å². The van der Waals surface area contributed by atoms with E-state index in [0.717, 1.165) is 5.92 Å². The van der Waals surface area contributed by atoms with E-state index in [1.165, 1.54) is 37.7 Å². The van der Waals surface area contributed by atoms with E-state index in [4.69, 9.17) is 5.26 Å². The predicted octanol–water partition coefficient (Wildman–Crippen LogP) is 3.67. The fourth-order valence-corrected chi connectivity index (χ4v) is 2.22. The Morgan fingerprint density at radius 1 is 1.54 bits per heavy atom. The Hall–Kier alpha value is -0.770. The van der Waals surface area contributed by atoms with Crippen LogP contribution >= 0.6 is 0 Å². The zero-order valence-electron chi connectivity index (χ0n) is 8.55. The molecule has 0 aromatic heterocycles. The monoisotopic (exact) mass is 177 g/mol. The van der Waals surface area contributed by atoms with E-state index in [0.29, 0.717) is 12.3 Å². The van der Waals surface area contributed by atoms with Crippen molar-refractivity contribution in [1.82, 2.24) is 0 Å². The maximum Gasteiger partial charge on any atom is 0.0628 e. The van der Waals surface area contributed by atoms with Gasteiger partial charge in [0.1, 0.15) is 0 Å². The summed E-state index contributed by atoms with van der Waals surface area (Å²) in [6.45, 7) is 6.02. The molecule has 1 heteroatoms. The fraction of sp³-hybridized carbons (Fsp3) is 0.750. The minimum atomic E-state index is 0.452. The molecule has 1 nitrogen and oxygen atoms in total. The van der Waals surface area contributed by atoms with Crippen molar-refractivity contribution in [1.29, 1.82) is 5.26 Å². The van der Waals surface area contributed by atoms with Crippen molar-refractivity contribution < 1.29 is 0 Å². The van der Waals surface area contributed by atoms with Gasteiger partial charge < -0.3 is 0 Å². The minimum absolute atomic E-state index is 0.452. The van der Waals surface area contributed by atoms with Crippen molar-refractivity contribution in [2.75, 3.05) is 0 Å². The quantitative estimate of drug-likeness (QED) is 0.601. The summed E-state index contributed by atoms with van der Waals surface area (Å²) in [7, 11) is 0. The van der Waals surface area contributed by atoms with Crippen LogP contribution in [0.3, 0.4) is 0 Å². The van der Waals surface area contributed by atoms with Crippen LogP contribution in [0.2, 0.25) is 0 Å². The first-order chi connectivity index (χ1) is 6.24. The van der Waals surface area contributed by atoms with E-state index in [1.807, 2.05) is 0 Å². The summed E-state index contributed by atoms with van der Waals surface area (Å²) < 4.78 is 0. The van der Waals surface area contributed by atoms with Crippen LogP contribution in [-0.4, -0.2) is 0 Å². The van der Waals surface area contributed by atoms with Gasteiger partial charge >= 0.3 is 0 Å². The first kappa shape index (κ1) is 10.3. The normalized spacial score (nSPS) is 19.7. The van der Waals surface area contributed by atoms with Gasteiger partial charge in [-0.05, 0) is 25.2 Å². The SMILES string of the molecule is C=C(C)C(CC#N)CC1CCCC1. The molecule has 1 fully saturated rings. The lowest BCUT2D eigenvalue weighted by Gasteiger charge is -2.17. The Bertz CT molecular complexity index is 206. The molecule has 0 saturated heterocycles. The summed E-state index contributed by atoms with van der Waals surface area (Å²) in [6.07, 6.45) is 7.37. The van der Waals surface area contributed by atoms with E-state index in [1.54, 1.807) is 0 Å². The Balaban J connectivity index is 2.37. The molecule has 0 N–H and O–H groups in total. The van der Waals surface area contributed by atoms with Crippen LogP contribution in [0.15, 0.2) is 12.2 Å². The second-order valence-corrected chi connectivity index (χ2v) is 4.29. The van der Waals surface area contributed by atoms with E-state index in [-0.39, 0.29) is 0 Å². The van der Waals surface area contributed by atoms with Crippen molar-refractivity contribution in [3.8, 4) is 6.07 Å². The van der Waals surface area contributed by atoms with Gasteiger partial charge in [0.2, 0.25) is 0 Å². The topological polar surface area (TPSA) is 23.8 Å². The lowest BCUT2D eigenvalue weighted by atomic mass is 9.87. The average Bonchev–Trinajstić information content (AvgIpc) is 2.56. The van der Waals surface area contributed by atoms with Crippen molar-refractivity contribution in [2.45, 2.75) is 45.4 Å². The van der Waals surface area contributed by atoms with Gasteiger partial charge in [-0.1, -0.05) is 37.8 Å². The highest BCUT2D eigenvalue weighted by atomic mass is 14.3. The Morgan fingerprint density at radius 3 is 2.62 bits per heavy atom. The van der Waals surface area contributed by atoms with Crippen LogP contribution < -0.4 is 0 Å². The van der Waals surface area contributed by atoms with Gasteiger partial charge in [0.05, 0.1) is 6.07 Å². The molecular weight excluding hydrogens is 158 g/mol. The molecule has 1 aliphatic carbocycles. The molecule has 0 aromatic carbocycles. The molecule has 1 aliphatic rings. The third-order valence-electron chi connectivity index (χ3n) is 3.13. The van der Waals surface area contributed by atoms with Gasteiger partial charge in [0.15, 0.2) is 0 Å². The third-order valence-corrected chi connectivity index (χ3v) is 3.13. The summed E-state index contributed by atoms with van der Waals surface area (Å²) in [4.78, 5) is 0. The summed E-state index contributed by atoms with van der Waals surface area (Å²) in [6, 6.07) is 2.26. The molecule has 0 amide bonds. The zero-order chi connectivity index (χ0) is 9.68. The van der Waals surface area contributed by atoms with Crippen LogP contribution in [0, 0.1) is 23.2 Å². The molecule has 1 rings (SSSR count). The van der Waals surface area contributed by atoms with E-state index < -0.39 is 0 Å². The lowest BCUT2D eigenvalue weighted by Crippen LogP contribution is -2.06. The molecule has 0 aliphatic heterocycles. The summed E-state index contributed by atoms with van der Waals surface area (Å²) in [5.41, 5.74) is 1.19. The standard InChI is InChI=1S/C12H19N/c1-10(2)12(7-8-13)9-11-5-3-4-6-11/h11-12H,1,3-7,9H2,2H3. The molecule has 0 radical (unpaired) electrons. The Morgan fingerprint density at radius 2 is 2.15 bits per heavy atom. The highest BCUT2D eigenvalue weighted by Crippen LogP contribution is 2.33. The minimum Gasteiger partial charge on any atom is -0.198 e. The highest BCUT2D eigenvalue weighted by Gasteiger charge is 2.20. The smallest absolute Gasteiger partial charge is 0.0628 e. The van der Waals surface area contributed by atoms with Crippen LogP contribution in [0.5, 0.6) is 0 Å². The van der Waals surface area contributed by atoms with Crippen LogP contribution in [-0.2, 0) is 0 Å². The van der Waals surface area contributed by atoms with Gasteiger partial charge in [-0.25, -0.2) is 0 Å². The Labute approximate surface area is 81.5 Å². The lowest BCUT2D eigenvalue weighted by molar-refractivity contribution is 0.417. The number of hydrogen-bond acceptors (Lipinski definition) is 1. The van der Waals surface area contributed by atoms with Crippen LogP contribution in [0.4, 0.5) is 0 Å². The third kappa shape index (κ3) is 3.22. The van der Waals surface area contributed by atoms with Gasteiger partial charge in [0, 0.05) is 6.42 Å². The number of allylic oxidation sites excluding steroid dienone is 1. The van der Waals surface area contributed by atoms with Crippen LogP contribution in [0.25, 0.3) is 0 Å². The number of hydrogen-bond donors (Lipinski definition) is 0. The average molecular weight is 177 g/mol. The molecular formula is C12H19N. The molecule has 0 heterocycles. The predicted molar refractivity (Wildman–Crippen MR) is 55.1 cm³/mol. The van der Waals surface area contributed by atoms with Gasteiger partial charge in [0.25, 0.3) is 0 Å². The van der Waals surface area contributed by atoms with E-state index in [9.17, 15) is 0 Å². The fourth-order valence-electron chi connectivity index (χ4n) is 2.22. The molecule has 0 aromatic rings. The van der Waals surface area contributed by atoms with Gasteiger partial charge in [-0.3, -0.25) is 0 Å². The molecule has 13 heavy (non-hydrogen) atoms. The second-order valence-electron chi connectivity index (χ2n) is 4.29. The molecule has 1 atom stereocenters. The number of rotatable bonds is 4. The second kappa shape index (κ2) is 5.07. The van der Waals surface area contributed by atoms with Crippen molar-refractivity contribution in [3.05, 3.63) is 12.2 Å². The maximum atomic E-state index is 8.67. The molecule has 0 spiro atoms. The summed E-state index contributed by atoms with van der Waals surface area (Å²) in [5, 5.41) is 8.67. The van der Waals surface area contributed by atoms with Crippen LogP contribution in [0.1, 0.15) is 45.4 Å². The van der Waals surface area contributed by atoms with Gasteiger partial charge in [-0.2, -0.15) is 5.26 Å². The van der Waals surface area contributed by atoms with Crippen molar-refractivity contribution >= 4 is 0 Å². The number of nitriles is 1. The molecule has 1 saturated carbocycles. The molecule has 72 valence electrons. The van der Waals surface area contributed by atoms with E-state index in [2.05, 4.69) is 19.6 Å². The van der Waals surface area contributed by atoms with Crippen molar-refractivity contribution in [2.24, 2.45) is 11.8 Å². The summed E-state index contributed by atoms with van der Waals surface area (Å²) >= 11 is 0. The van der Waals surface area contributed by atoms with Gasteiger partial charge in [-0.15, -0.1) is 0 Å². The number of nitrogens with zero attached hydrogens (tertiary/aromatic N) is 1. The Kier molecular flexibility index (Phi) is 4.02. The molecule has 0 bridgehead atoms. The first-order valence-electron chi connectivity index (χ1n) is 5.26. The maximum absolute atomic E-state index is 8.67. The van der Waals surface area contributed by atoms with Crippen molar-refractivity contribution in [3.63, 3.8) is 0 Å². The molecule has 1 unspecified atom stereocenters.